The quantitative estimate of drug-likeness (QED) is 0.499. The Kier molecular flexibility index (Phi) is 7.19. The number of pyridine rings is 1. The number of morpholine rings is 1. The molecular weight excluding hydrogens is 416 g/mol. The average molecular weight is 439 g/mol. The van der Waals surface area contributed by atoms with Crippen molar-refractivity contribution in [3.8, 4) is 17.0 Å². The molecule has 1 aliphatic heterocycles. The first-order chi connectivity index (χ1) is 15.2. The zero-order valence-corrected chi connectivity index (χ0v) is 17.8. The standard InChI is InChI=1S/C23H23ClN4O3/c24-19-4-3-18(13-23(19)31-11-8-28-6-9-30-10-7-28)20-14-21(27-16-26-20)22(29)12-17-2-1-5-25-15-17/h1-5,13-16H,6-12H2. The van der Waals surface area contributed by atoms with Gasteiger partial charge in [0.15, 0.2) is 5.78 Å². The number of halogens is 1. The van der Waals surface area contributed by atoms with Crippen LogP contribution in [0.5, 0.6) is 5.75 Å². The van der Waals surface area contributed by atoms with E-state index in [0.29, 0.717) is 28.8 Å². The molecule has 1 fully saturated rings. The van der Waals surface area contributed by atoms with E-state index in [9.17, 15) is 4.79 Å². The van der Waals surface area contributed by atoms with Crippen molar-refractivity contribution in [3.63, 3.8) is 0 Å². The third kappa shape index (κ3) is 5.85. The molecule has 31 heavy (non-hydrogen) atoms. The second-order valence-electron chi connectivity index (χ2n) is 7.20. The summed E-state index contributed by atoms with van der Waals surface area (Å²) in [5, 5.41) is 0.535. The number of hydrogen-bond donors (Lipinski definition) is 0. The Morgan fingerprint density at radius 1 is 1.16 bits per heavy atom. The van der Waals surface area contributed by atoms with Gasteiger partial charge in [-0.3, -0.25) is 14.7 Å². The van der Waals surface area contributed by atoms with Crippen molar-refractivity contribution in [2.45, 2.75) is 6.42 Å². The third-order valence-electron chi connectivity index (χ3n) is 5.04. The Morgan fingerprint density at radius 2 is 2.03 bits per heavy atom. The molecule has 3 aromatic rings. The van der Waals surface area contributed by atoms with E-state index >= 15 is 0 Å². The van der Waals surface area contributed by atoms with E-state index in [0.717, 1.165) is 44.0 Å². The highest BCUT2D eigenvalue weighted by molar-refractivity contribution is 6.32. The molecule has 160 valence electrons. The summed E-state index contributed by atoms with van der Waals surface area (Å²) < 4.78 is 11.3. The van der Waals surface area contributed by atoms with Crippen LogP contribution in [-0.4, -0.2) is 65.1 Å². The summed E-state index contributed by atoms with van der Waals surface area (Å²) in [5.74, 6) is 0.502. The molecule has 8 heteroatoms. The topological polar surface area (TPSA) is 77.4 Å². The van der Waals surface area contributed by atoms with Crippen LogP contribution in [0.15, 0.2) is 55.1 Å². The molecular formula is C23H23ClN4O3. The van der Waals surface area contributed by atoms with E-state index in [1.165, 1.54) is 6.33 Å². The largest absolute Gasteiger partial charge is 0.491 e. The van der Waals surface area contributed by atoms with Crippen LogP contribution in [0.2, 0.25) is 5.02 Å². The molecule has 1 aliphatic rings. The summed E-state index contributed by atoms with van der Waals surface area (Å²) in [4.78, 5) is 27.5. The SMILES string of the molecule is O=C(Cc1cccnc1)c1cc(-c2ccc(Cl)c(OCCN3CCOCC3)c2)ncn1. The number of nitrogens with zero attached hydrogens (tertiary/aromatic N) is 4. The molecule has 1 saturated heterocycles. The smallest absolute Gasteiger partial charge is 0.185 e. The molecule has 2 aromatic heterocycles. The number of ketones is 1. The Bertz CT molecular complexity index is 1030. The first-order valence-corrected chi connectivity index (χ1v) is 10.5. The van der Waals surface area contributed by atoms with E-state index in [-0.39, 0.29) is 12.2 Å². The second kappa shape index (κ2) is 10.4. The molecule has 0 amide bonds. The van der Waals surface area contributed by atoms with Gasteiger partial charge in [-0.1, -0.05) is 23.7 Å². The van der Waals surface area contributed by atoms with Crippen LogP contribution in [0.4, 0.5) is 0 Å². The lowest BCUT2D eigenvalue weighted by molar-refractivity contribution is 0.0322. The van der Waals surface area contributed by atoms with Gasteiger partial charge in [0.05, 0.1) is 23.9 Å². The Labute approximate surface area is 186 Å². The van der Waals surface area contributed by atoms with Gasteiger partial charge in [-0.15, -0.1) is 0 Å². The fourth-order valence-corrected chi connectivity index (χ4v) is 3.50. The zero-order valence-electron chi connectivity index (χ0n) is 17.0. The van der Waals surface area contributed by atoms with E-state index in [4.69, 9.17) is 21.1 Å². The molecule has 1 aromatic carbocycles. The predicted octanol–water partition coefficient (Wildman–Crippen LogP) is 3.33. The summed E-state index contributed by atoms with van der Waals surface area (Å²) in [5.41, 5.74) is 2.65. The minimum Gasteiger partial charge on any atom is -0.491 e. The molecule has 0 N–H and O–H groups in total. The molecule has 0 saturated carbocycles. The molecule has 0 radical (unpaired) electrons. The van der Waals surface area contributed by atoms with E-state index < -0.39 is 0 Å². The molecule has 0 unspecified atom stereocenters. The summed E-state index contributed by atoms with van der Waals surface area (Å²) in [6.45, 7) is 4.67. The molecule has 0 spiro atoms. The number of Topliss-reactive ketones (excluding diaryl/α,β-unsaturated/α-hetero) is 1. The van der Waals surface area contributed by atoms with Gasteiger partial charge in [-0.2, -0.15) is 0 Å². The Morgan fingerprint density at radius 3 is 2.84 bits per heavy atom. The maximum Gasteiger partial charge on any atom is 0.185 e. The molecule has 4 rings (SSSR count). The van der Waals surface area contributed by atoms with Gasteiger partial charge in [-0.25, -0.2) is 9.97 Å². The van der Waals surface area contributed by atoms with Crippen molar-refractivity contribution in [1.82, 2.24) is 19.9 Å². The first-order valence-electron chi connectivity index (χ1n) is 10.2. The fourth-order valence-electron chi connectivity index (χ4n) is 3.33. The van der Waals surface area contributed by atoms with Gasteiger partial charge in [0, 0.05) is 44.0 Å². The van der Waals surface area contributed by atoms with Gasteiger partial charge in [0.2, 0.25) is 0 Å². The number of aromatic nitrogens is 3. The zero-order chi connectivity index (χ0) is 21.5. The van der Waals surface area contributed by atoms with Crippen LogP contribution in [0.1, 0.15) is 16.1 Å². The van der Waals surface area contributed by atoms with E-state index in [1.807, 2.05) is 24.3 Å². The Hall–Kier alpha value is -2.87. The number of benzene rings is 1. The van der Waals surface area contributed by atoms with Gasteiger partial charge in [-0.05, 0) is 29.8 Å². The molecule has 0 bridgehead atoms. The first kappa shape index (κ1) is 21.4. The highest BCUT2D eigenvalue weighted by Gasteiger charge is 2.14. The van der Waals surface area contributed by atoms with Crippen LogP contribution in [0, 0.1) is 0 Å². The van der Waals surface area contributed by atoms with Crippen LogP contribution in [-0.2, 0) is 11.2 Å². The van der Waals surface area contributed by atoms with Crippen molar-refractivity contribution >= 4 is 17.4 Å². The van der Waals surface area contributed by atoms with Crippen LogP contribution in [0.25, 0.3) is 11.3 Å². The van der Waals surface area contributed by atoms with Crippen molar-refractivity contribution in [2.24, 2.45) is 0 Å². The molecule has 7 nitrogen and oxygen atoms in total. The lowest BCUT2D eigenvalue weighted by atomic mass is 10.1. The van der Waals surface area contributed by atoms with Crippen molar-refractivity contribution in [1.29, 1.82) is 0 Å². The number of rotatable bonds is 8. The van der Waals surface area contributed by atoms with Gasteiger partial charge in [0.1, 0.15) is 24.4 Å². The average Bonchev–Trinajstić information content (AvgIpc) is 2.82. The predicted molar refractivity (Wildman–Crippen MR) is 118 cm³/mol. The minimum atomic E-state index is -0.0902. The van der Waals surface area contributed by atoms with Crippen molar-refractivity contribution < 1.29 is 14.3 Å². The van der Waals surface area contributed by atoms with Gasteiger partial charge >= 0.3 is 0 Å². The van der Waals surface area contributed by atoms with Crippen LogP contribution in [0.3, 0.4) is 0 Å². The van der Waals surface area contributed by atoms with Crippen LogP contribution < -0.4 is 4.74 Å². The van der Waals surface area contributed by atoms with Crippen molar-refractivity contribution in [3.05, 3.63) is 71.4 Å². The normalized spacial score (nSPS) is 14.4. The Balaban J connectivity index is 1.44. The second-order valence-corrected chi connectivity index (χ2v) is 7.60. The number of carbonyl (C=O) groups excluding carboxylic acids is 1. The minimum absolute atomic E-state index is 0.0902. The number of hydrogen-bond acceptors (Lipinski definition) is 7. The monoisotopic (exact) mass is 438 g/mol. The maximum absolute atomic E-state index is 12.6. The fraction of sp³-hybridized carbons (Fsp3) is 0.304. The third-order valence-corrected chi connectivity index (χ3v) is 5.35. The van der Waals surface area contributed by atoms with Crippen molar-refractivity contribution in [2.75, 3.05) is 39.5 Å². The van der Waals surface area contributed by atoms with E-state index in [2.05, 4.69) is 19.9 Å². The lowest BCUT2D eigenvalue weighted by Gasteiger charge is -2.26. The molecule has 3 heterocycles. The van der Waals surface area contributed by atoms with Crippen LogP contribution >= 0.6 is 11.6 Å². The van der Waals surface area contributed by atoms with Gasteiger partial charge < -0.3 is 9.47 Å². The lowest BCUT2D eigenvalue weighted by Crippen LogP contribution is -2.38. The summed E-state index contributed by atoms with van der Waals surface area (Å²) in [7, 11) is 0. The highest BCUT2D eigenvalue weighted by atomic mass is 35.5. The summed E-state index contributed by atoms with van der Waals surface area (Å²) in [6, 6.07) is 10.9. The summed E-state index contributed by atoms with van der Waals surface area (Å²) >= 11 is 6.33. The van der Waals surface area contributed by atoms with E-state index in [1.54, 1.807) is 24.5 Å². The highest BCUT2D eigenvalue weighted by Crippen LogP contribution is 2.30. The number of ether oxygens (including phenoxy) is 2. The maximum atomic E-state index is 12.6. The number of carbonyl (C=O) groups is 1. The molecule has 0 aliphatic carbocycles. The summed E-state index contributed by atoms with van der Waals surface area (Å²) in [6.07, 6.45) is 5.00. The van der Waals surface area contributed by atoms with Gasteiger partial charge in [0.25, 0.3) is 0 Å². The molecule has 0 atom stereocenters.